The van der Waals surface area contributed by atoms with Gasteiger partial charge in [0.2, 0.25) is 16.8 Å². The summed E-state index contributed by atoms with van der Waals surface area (Å²) in [6, 6.07) is 12.7. The van der Waals surface area contributed by atoms with Gasteiger partial charge in [-0.25, -0.2) is 18.0 Å². The van der Waals surface area contributed by atoms with E-state index in [1.54, 1.807) is 0 Å². The first-order chi connectivity index (χ1) is 23.9. The first-order valence-electron chi connectivity index (χ1n) is 16.6. The van der Waals surface area contributed by atoms with Gasteiger partial charge in [0.1, 0.15) is 6.10 Å². The predicted molar refractivity (Wildman–Crippen MR) is 180 cm³/mol. The van der Waals surface area contributed by atoms with Gasteiger partial charge in [-0.05, 0) is 48.8 Å². The summed E-state index contributed by atoms with van der Waals surface area (Å²) >= 11 is 0. The number of nitrogens with one attached hydrogen (secondary N) is 2. The largest absolute Gasteiger partial charge is 0.454 e. The van der Waals surface area contributed by atoms with E-state index in [4.69, 9.17) is 34.8 Å². The molecule has 50 heavy (non-hydrogen) atoms. The van der Waals surface area contributed by atoms with Crippen molar-refractivity contribution in [1.82, 2.24) is 14.9 Å². The van der Waals surface area contributed by atoms with Crippen LogP contribution in [0.3, 0.4) is 0 Å². The Morgan fingerprint density at radius 2 is 1.90 bits per heavy atom. The van der Waals surface area contributed by atoms with Crippen LogP contribution in [0.2, 0.25) is 0 Å². The molecule has 3 N–H and O–H groups in total. The molecule has 5 atom stereocenters. The van der Waals surface area contributed by atoms with Crippen LogP contribution in [0, 0.1) is 23.7 Å². The molecule has 272 valence electrons. The molecule has 3 aliphatic heterocycles. The Balaban J connectivity index is 1.33. The second-order valence-corrected chi connectivity index (χ2v) is 15.2. The van der Waals surface area contributed by atoms with Gasteiger partial charge < -0.3 is 44.2 Å². The molecule has 15 heteroatoms. The Kier molecular flexibility index (Phi) is 12.5. The van der Waals surface area contributed by atoms with Crippen LogP contribution < -0.4 is 20.1 Å². The molecule has 14 nitrogen and oxygen atoms in total. The smallest absolute Gasteiger partial charge is 0.408 e. The van der Waals surface area contributed by atoms with Crippen LogP contribution in [0.5, 0.6) is 11.5 Å². The van der Waals surface area contributed by atoms with Crippen LogP contribution in [0.25, 0.3) is 0 Å². The van der Waals surface area contributed by atoms with Gasteiger partial charge in [-0.2, -0.15) is 4.31 Å². The summed E-state index contributed by atoms with van der Waals surface area (Å²) in [5, 5.41) is 17.2. The van der Waals surface area contributed by atoms with E-state index in [9.17, 15) is 23.1 Å². The number of hydrogen-bond acceptors (Lipinski definition) is 11. The van der Waals surface area contributed by atoms with Crippen LogP contribution >= 0.6 is 0 Å². The number of rotatable bonds is 16. The SMILES string of the molecule is C#CCOC(=O)NCCCC(C)(C)CN(C[C@@H](O)[C@H](Cc1ccccc1)NC(=O)O[C@H]1CO[C@H]2OCC[C@H]21)S(=O)(=O)c1ccc2c(c1)OCO2. The molecule has 2 aromatic rings. The molecule has 3 heterocycles. The molecule has 2 aromatic carbocycles. The van der Waals surface area contributed by atoms with E-state index in [0.29, 0.717) is 37.4 Å². The molecule has 0 radical (unpaired) electrons. The highest BCUT2D eigenvalue weighted by atomic mass is 32.2. The van der Waals surface area contributed by atoms with Crippen LogP contribution in [0.4, 0.5) is 9.59 Å². The first kappa shape index (κ1) is 37.2. The molecule has 0 saturated carbocycles. The number of aliphatic hydroxyl groups excluding tert-OH is 1. The Bertz CT molecular complexity index is 1620. The van der Waals surface area contributed by atoms with Crippen molar-refractivity contribution in [1.29, 1.82) is 0 Å². The summed E-state index contributed by atoms with van der Waals surface area (Å²) < 4.78 is 62.3. The number of ether oxygens (including phenoxy) is 6. The third kappa shape index (κ3) is 9.79. The van der Waals surface area contributed by atoms with E-state index < -0.39 is 52.2 Å². The van der Waals surface area contributed by atoms with Gasteiger partial charge in [0.05, 0.1) is 36.2 Å². The van der Waals surface area contributed by atoms with Crippen LogP contribution in [0.1, 0.15) is 38.7 Å². The fraction of sp³-hybridized carbons (Fsp3) is 0.543. The topological polar surface area (TPSA) is 171 Å². The third-order valence-corrected chi connectivity index (χ3v) is 10.7. The molecule has 2 saturated heterocycles. The average molecular weight is 716 g/mol. The summed E-state index contributed by atoms with van der Waals surface area (Å²) in [7, 11) is -4.21. The fourth-order valence-electron chi connectivity index (χ4n) is 6.26. The molecular formula is C35H45N3O11S. The van der Waals surface area contributed by atoms with E-state index in [1.807, 2.05) is 44.2 Å². The maximum absolute atomic E-state index is 14.3. The number of nitrogens with zero attached hydrogens (tertiary/aromatic N) is 1. The van der Waals surface area contributed by atoms with Crippen molar-refractivity contribution in [3.63, 3.8) is 0 Å². The molecule has 5 rings (SSSR count). The van der Waals surface area contributed by atoms with Gasteiger partial charge in [-0.15, -0.1) is 6.42 Å². The minimum atomic E-state index is -4.21. The number of sulfonamides is 1. The van der Waals surface area contributed by atoms with Gasteiger partial charge in [0, 0.05) is 25.7 Å². The van der Waals surface area contributed by atoms with E-state index in [0.717, 1.165) is 5.56 Å². The molecule has 0 aliphatic carbocycles. The lowest BCUT2D eigenvalue weighted by atomic mass is 9.87. The molecular weight excluding hydrogens is 670 g/mol. The summed E-state index contributed by atoms with van der Waals surface area (Å²) in [4.78, 5) is 25.0. The zero-order valence-electron chi connectivity index (χ0n) is 28.2. The number of hydrogen-bond donors (Lipinski definition) is 3. The van der Waals surface area contributed by atoms with Gasteiger partial charge in [-0.1, -0.05) is 50.1 Å². The monoisotopic (exact) mass is 715 g/mol. The fourth-order valence-corrected chi connectivity index (χ4v) is 7.93. The number of carbonyl (C=O) groups excluding carboxylic acids is 2. The Hall–Kier alpha value is -4.07. The average Bonchev–Trinajstić information content (AvgIpc) is 3.84. The third-order valence-electron chi connectivity index (χ3n) is 8.87. The molecule has 0 aromatic heterocycles. The number of terminal acetylenes is 1. The van der Waals surface area contributed by atoms with Crippen molar-refractivity contribution in [2.24, 2.45) is 11.3 Å². The van der Waals surface area contributed by atoms with Crippen molar-refractivity contribution < 1.29 is 51.5 Å². The number of carbonyl (C=O) groups is 2. The summed E-state index contributed by atoms with van der Waals surface area (Å²) in [5.74, 6) is 2.88. The minimum Gasteiger partial charge on any atom is -0.454 e. The Morgan fingerprint density at radius 1 is 1.12 bits per heavy atom. The molecule has 0 unspecified atom stereocenters. The van der Waals surface area contributed by atoms with Crippen LogP contribution in [0.15, 0.2) is 53.4 Å². The second-order valence-electron chi connectivity index (χ2n) is 13.3. The summed E-state index contributed by atoms with van der Waals surface area (Å²) in [6.45, 7) is 4.30. The number of benzene rings is 2. The minimum absolute atomic E-state index is 0.00730. The maximum Gasteiger partial charge on any atom is 0.408 e. The van der Waals surface area contributed by atoms with Crippen molar-refractivity contribution >= 4 is 22.2 Å². The normalized spacial score (nSPS) is 20.8. The highest BCUT2D eigenvalue weighted by molar-refractivity contribution is 7.89. The predicted octanol–water partition coefficient (Wildman–Crippen LogP) is 3.03. The lowest BCUT2D eigenvalue weighted by Gasteiger charge is -2.35. The molecule has 3 aliphatic rings. The molecule has 0 bridgehead atoms. The molecule has 2 amide bonds. The van der Waals surface area contributed by atoms with Crippen LogP contribution in [-0.4, -0.2) is 101 Å². The number of aliphatic hydroxyl groups is 1. The standard InChI is InChI=1S/C35H45N3O11S/c1-4-16-45-33(40)36-15-8-14-35(2,3)22-38(50(42,43)25-11-12-29-30(19-25)48-23-47-29)20-28(39)27(18-24-9-6-5-7-10-24)37-34(41)49-31-21-46-32-26(31)13-17-44-32/h1,5-7,9-12,19,26-28,31-32,39H,8,13-18,20-23H2,2-3H3,(H,36,40)(H,37,41)/t26-,27-,28+,31-,32+/m0/s1. The maximum atomic E-state index is 14.3. The van der Waals surface area contributed by atoms with Crippen molar-refractivity contribution in [3.8, 4) is 23.8 Å². The van der Waals surface area contributed by atoms with Crippen LogP contribution in [-0.2, 0) is 35.4 Å². The van der Waals surface area contributed by atoms with E-state index in [2.05, 4.69) is 16.6 Å². The highest BCUT2D eigenvalue weighted by Gasteiger charge is 2.44. The number of amides is 2. The number of alkyl carbamates (subject to hydrolysis) is 2. The number of fused-ring (bicyclic) bond motifs is 2. The van der Waals surface area contributed by atoms with Crippen molar-refractivity contribution in [2.75, 3.05) is 46.2 Å². The first-order valence-corrected chi connectivity index (χ1v) is 18.1. The second kappa shape index (κ2) is 16.8. The Morgan fingerprint density at radius 3 is 2.68 bits per heavy atom. The lowest BCUT2D eigenvalue weighted by molar-refractivity contribution is -0.0907. The zero-order chi connectivity index (χ0) is 35.7. The van der Waals surface area contributed by atoms with Gasteiger partial charge in [0.25, 0.3) is 0 Å². The summed E-state index contributed by atoms with van der Waals surface area (Å²) in [6.07, 6.45) is 3.42. The van der Waals surface area contributed by atoms with Gasteiger partial charge >= 0.3 is 12.2 Å². The Labute approximate surface area is 292 Å². The van der Waals surface area contributed by atoms with Gasteiger partial charge in [0.15, 0.2) is 24.4 Å². The molecule has 2 fully saturated rings. The van der Waals surface area contributed by atoms with E-state index >= 15 is 0 Å². The van der Waals surface area contributed by atoms with E-state index in [1.165, 1.54) is 22.5 Å². The molecule has 0 spiro atoms. The summed E-state index contributed by atoms with van der Waals surface area (Å²) in [5.41, 5.74) is 0.209. The zero-order valence-corrected chi connectivity index (χ0v) is 29.1. The van der Waals surface area contributed by atoms with E-state index in [-0.39, 0.29) is 56.9 Å². The highest BCUT2D eigenvalue weighted by Crippen LogP contribution is 2.36. The van der Waals surface area contributed by atoms with Crippen molar-refractivity contribution in [3.05, 3.63) is 54.1 Å². The van der Waals surface area contributed by atoms with Gasteiger partial charge in [-0.3, -0.25) is 0 Å². The van der Waals surface area contributed by atoms with Crippen molar-refractivity contribution in [2.45, 2.75) is 69.0 Å². The quantitative estimate of drug-likeness (QED) is 0.172. The lowest BCUT2D eigenvalue weighted by Crippen LogP contribution is -2.52.